The first-order valence-corrected chi connectivity index (χ1v) is 10.8. The fourth-order valence-corrected chi connectivity index (χ4v) is 4.65. The molecule has 31 heavy (non-hydrogen) atoms. The number of fused-ring (bicyclic) bond motifs is 2. The van der Waals surface area contributed by atoms with Crippen LogP contribution in [0.4, 0.5) is 5.82 Å². The Balaban J connectivity index is 0.00000231. The highest BCUT2D eigenvalue weighted by Crippen LogP contribution is 2.38. The van der Waals surface area contributed by atoms with E-state index < -0.39 is 0 Å². The maximum atomic E-state index is 5.15. The van der Waals surface area contributed by atoms with Crippen LogP contribution in [0.25, 0.3) is 27.9 Å². The Labute approximate surface area is 183 Å². The van der Waals surface area contributed by atoms with Crippen molar-refractivity contribution in [3.63, 3.8) is 0 Å². The number of hydrogen-bond donors (Lipinski definition) is 2. The fourth-order valence-electron chi connectivity index (χ4n) is 4.65. The molecule has 4 aromatic rings. The van der Waals surface area contributed by atoms with E-state index in [2.05, 4.69) is 78.2 Å². The smallest absolute Gasteiger partial charge is 0.158 e. The zero-order chi connectivity index (χ0) is 21.0. The molecule has 0 amide bonds. The highest BCUT2D eigenvalue weighted by Gasteiger charge is 2.24. The molecule has 5 heterocycles. The van der Waals surface area contributed by atoms with E-state index in [1.54, 1.807) is 6.33 Å². The molecule has 7 heteroatoms. The lowest BCUT2D eigenvalue weighted by atomic mass is 9.95. The van der Waals surface area contributed by atoms with Gasteiger partial charge in [0.25, 0.3) is 0 Å². The van der Waals surface area contributed by atoms with Gasteiger partial charge < -0.3 is 15.2 Å². The van der Waals surface area contributed by atoms with E-state index in [1.165, 1.54) is 11.1 Å². The van der Waals surface area contributed by atoms with Gasteiger partial charge in [-0.25, -0.2) is 14.5 Å². The van der Waals surface area contributed by atoms with Gasteiger partial charge >= 0.3 is 0 Å². The van der Waals surface area contributed by atoms with Crippen LogP contribution < -0.4 is 10.2 Å². The highest BCUT2D eigenvalue weighted by molar-refractivity contribution is 5.90. The van der Waals surface area contributed by atoms with Crippen molar-refractivity contribution in [3.05, 3.63) is 41.3 Å². The molecule has 5 rings (SSSR count). The molecule has 0 saturated carbocycles. The first-order chi connectivity index (χ1) is 14.5. The summed E-state index contributed by atoms with van der Waals surface area (Å²) in [6.45, 7) is 14.0. The lowest BCUT2D eigenvalue weighted by molar-refractivity contribution is 0.497. The first kappa shape index (κ1) is 21.3. The number of anilines is 1. The second-order valence-electron chi connectivity index (χ2n) is 8.70. The van der Waals surface area contributed by atoms with Crippen LogP contribution in [0.1, 0.15) is 50.8 Å². The van der Waals surface area contributed by atoms with Gasteiger partial charge in [0.05, 0.1) is 16.7 Å². The molecule has 0 unspecified atom stereocenters. The number of piperazine rings is 1. The topological polar surface area (TPSA) is 74.1 Å². The second-order valence-corrected chi connectivity index (χ2v) is 8.70. The number of hydrogen-bond acceptors (Lipinski definition) is 5. The summed E-state index contributed by atoms with van der Waals surface area (Å²) >= 11 is 0. The van der Waals surface area contributed by atoms with E-state index in [-0.39, 0.29) is 7.43 Å². The largest absolute Gasteiger partial charge is 0.353 e. The van der Waals surface area contributed by atoms with Crippen molar-refractivity contribution in [2.75, 3.05) is 24.5 Å². The number of nitrogens with one attached hydrogen (secondary N) is 2. The van der Waals surface area contributed by atoms with E-state index in [4.69, 9.17) is 4.98 Å². The zero-order valence-electron chi connectivity index (χ0n) is 18.3. The molecule has 0 bridgehead atoms. The first-order valence-electron chi connectivity index (χ1n) is 10.8. The standard InChI is InChI=1S/C23H29N7.CH4/c1-13(2)20-21(17-11-30-23(25-12-26-30)16(5)15(17)4)27-18-6-7-19(28-22(18)20)29-9-8-24-10-14(29)3;/h6-7,11-14,24,27H,8-10H2,1-5H3;1H4/t14-;/m1./s1. The third kappa shape index (κ3) is 3.37. The number of pyridine rings is 2. The van der Waals surface area contributed by atoms with E-state index in [9.17, 15) is 0 Å². The summed E-state index contributed by atoms with van der Waals surface area (Å²) in [5, 5.41) is 7.84. The molecule has 0 aliphatic carbocycles. The van der Waals surface area contributed by atoms with Gasteiger partial charge in [0, 0.05) is 43.0 Å². The average Bonchev–Trinajstić information content (AvgIpc) is 3.35. The molecular formula is C24H33N7. The minimum Gasteiger partial charge on any atom is -0.353 e. The van der Waals surface area contributed by atoms with Crippen LogP contribution in [0.3, 0.4) is 0 Å². The molecule has 0 aromatic carbocycles. The number of aryl methyl sites for hydroxylation is 1. The van der Waals surface area contributed by atoms with Crippen molar-refractivity contribution in [1.82, 2.24) is 29.9 Å². The molecule has 1 aliphatic rings. The van der Waals surface area contributed by atoms with Crippen LogP contribution in [0.5, 0.6) is 0 Å². The SMILES string of the molecule is C.Cc1c(-c2[nH]c3ccc(N4CCNC[C@H]4C)nc3c2C(C)C)cn2ncnc2c1C. The quantitative estimate of drug-likeness (QED) is 0.513. The number of H-pyrrole nitrogens is 1. The van der Waals surface area contributed by atoms with Gasteiger partial charge in [0.2, 0.25) is 0 Å². The van der Waals surface area contributed by atoms with Crippen molar-refractivity contribution >= 4 is 22.5 Å². The van der Waals surface area contributed by atoms with Crippen LogP contribution in [-0.2, 0) is 0 Å². The third-order valence-corrected chi connectivity index (χ3v) is 6.43. The molecule has 0 spiro atoms. The molecular weight excluding hydrogens is 386 g/mol. The number of nitrogens with zero attached hydrogens (tertiary/aromatic N) is 5. The van der Waals surface area contributed by atoms with E-state index in [1.807, 2.05) is 4.52 Å². The Bertz CT molecular complexity index is 1230. The predicted molar refractivity (Wildman–Crippen MR) is 128 cm³/mol. The fraction of sp³-hybridized carbons (Fsp3) is 0.458. The van der Waals surface area contributed by atoms with Crippen molar-refractivity contribution in [3.8, 4) is 11.3 Å². The van der Waals surface area contributed by atoms with E-state index in [0.29, 0.717) is 12.0 Å². The Hall–Kier alpha value is -2.93. The molecule has 1 fully saturated rings. The Morgan fingerprint density at radius 3 is 2.71 bits per heavy atom. The van der Waals surface area contributed by atoms with Crippen LogP contribution >= 0.6 is 0 Å². The van der Waals surface area contributed by atoms with Crippen molar-refractivity contribution in [1.29, 1.82) is 0 Å². The van der Waals surface area contributed by atoms with Crippen molar-refractivity contribution < 1.29 is 0 Å². The van der Waals surface area contributed by atoms with Gasteiger partial charge in [-0.05, 0) is 49.9 Å². The van der Waals surface area contributed by atoms with Gasteiger partial charge in [0.1, 0.15) is 12.1 Å². The predicted octanol–water partition coefficient (Wildman–Crippen LogP) is 4.45. The minimum atomic E-state index is 0. The molecule has 7 nitrogen and oxygen atoms in total. The van der Waals surface area contributed by atoms with Gasteiger partial charge in [-0.3, -0.25) is 0 Å². The van der Waals surface area contributed by atoms with Gasteiger partial charge in [0.15, 0.2) is 5.65 Å². The Morgan fingerprint density at radius 1 is 1.16 bits per heavy atom. The van der Waals surface area contributed by atoms with Gasteiger partial charge in [-0.1, -0.05) is 21.3 Å². The maximum absolute atomic E-state index is 5.15. The number of rotatable bonds is 3. The lowest BCUT2D eigenvalue weighted by Gasteiger charge is -2.35. The summed E-state index contributed by atoms with van der Waals surface area (Å²) in [5.74, 6) is 1.40. The lowest BCUT2D eigenvalue weighted by Crippen LogP contribution is -2.50. The highest BCUT2D eigenvalue weighted by atomic mass is 15.3. The molecule has 1 atom stereocenters. The molecule has 0 radical (unpaired) electrons. The van der Waals surface area contributed by atoms with Crippen molar-refractivity contribution in [2.45, 2.75) is 54.0 Å². The summed E-state index contributed by atoms with van der Waals surface area (Å²) in [4.78, 5) is 15.6. The molecule has 164 valence electrons. The van der Waals surface area contributed by atoms with Crippen LogP contribution in [0, 0.1) is 13.8 Å². The van der Waals surface area contributed by atoms with Gasteiger partial charge in [-0.2, -0.15) is 5.10 Å². The average molecular weight is 420 g/mol. The summed E-state index contributed by atoms with van der Waals surface area (Å²) in [6, 6.07) is 4.76. The summed E-state index contributed by atoms with van der Waals surface area (Å²) in [6.07, 6.45) is 3.70. The zero-order valence-corrected chi connectivity index (χ0v) is 18.3. The third-order valence-electron chi connectivity index (χ3n) is 6.43. The normalized spacial score (nSPS) is 17.0. The monoisotopic (exact) mass is 419 g/mol. The van der Waals surface area contributed by atoms with E-state index >= 15 is 0 Å². The Morgan fingerprint density at radius 2 is 1.97 bits per heavy atom. The van der Waals surface area contributed by atoms with Crippen LogP contribution in [-0.4, -0.2) is 50.2 Å². The molecule has 2 N–H and O–H groups in total. The number of aromatic amines is 1. The minimum absolute atomic E-state index is 0. The van der Waals surface area contributed by atoms with Gasteiger partial charge in [-0.15, -0.1) is 0 Å². The molecule has 1 saturated heterocycles. The van der Waals surface area contributed by atoms with Crippen LogP contribution in [0.15, 0.2) is 24.7 Å². The Kier molecular flexibility index (Phi) is 5.47. The molecule has 4 aromatic heterocycles. The molecule has 1 aliphatic heterocycles. The maximum Gasteiger partial charge on any atom is 0.158 e. The number of aromatic nitrogens is 5. The summed E-state index contributed by atoms with van der Waals surface area (Å²) in [5.41, 5.74) is 8.99. The second kappa shape index (κ2) is 7.96. The van der Waals surface area contributed by atoms with Crippen molar-refractivity contribution in [2.24, 2.45) is 0 Å². The summed E-state index contributed by atoms with van der Waals surface area (Å²) in [7, 11) is 0. The van der Waals surface area contributed by atoms with Crippen LogP contribution in [0.2, 0.25) is 0 Å². The van der Waals surface area contributed by atoms with E-state index in [0.717, 1.165) is 59.0 Å². The summed E-state index contributed by atoms with van der Waals surface area (Å²) < 4.78 is 1.87.